The predicted molar refractivity (Wildman–Crippen MR) is 106 cm³/mol. The number of hydrogen-bond acceptors (Lipinski definition) is 6. The fourth-order valence-corrected chi connectivity index (χ4v) is 4.61. The molecule has 4 rings (SSSR count). The maximum Gasteiger partial charge on any atom is 0.327 e. The topological polar surface area (TPSA) is 79.4 Å². The van der Waals surface area contributed by atoms with Crippen LogP contribution < -0.4 is 10.2 Å². The number of imide groups is 1. The van der Waals surface area contributed by atoms with E-state index in [4.69, 9.17) is 16.7 Å². The van der Waals surface area contributed by atoms with E-state index < -0.39 is 6.04 Å². The number of halogens is 1. The minimum absolute atomic E-state index is 0.0547. The molecule has 0 aromatic heterocycles. The molecule has 3 aliphatic heterocycles. The van der Waals surface area contributed by atoms with Crippen LogP contribution in [-0.4, -0.2) is 83.5 Å². The van der Waals surface area contributed by atoms with Gasteiger partial charge in [-0.2, -0.15) is 0 Å². The Labute approximate surface area is 169 Å². The standard InChI is InChI=1S/C19H26ClN5O3/c1-12-10-24(14-6-4-13(20)5-7-14)18-21-16-15(25(18)11-12)17(27)23(8-3-9-26)19(28)22(16)2/h4-7,12,15-16,18,21,26H,3,8-11H2,1-2H3. The second-order valence-electron chi connectivity index (χ2n) is 7.82. The van der Waals surface area contributed by atoms with E-state index >= 15 is 0 Å². The summed E-state index contributed by atoms with van der Waals surface area (Å²) < 4.78 is 0. The van der Waals surface area contributed by atoms with E-state index in [9.17, 15) is 9.59 Å². The van der Waals surface area contributed by atoms with E-state index in [0.29, 0.717) is 17.4 Å². The number of carbonyl (C=O) groups is 2. The van der Waals surface area contributed by atoms with Crippen molar-refractivity contribution in [1.82, 2.24) is 20.0 Å². The number of benzene rings is 1. The summed E-state index contributed by atoms with van der Waals surface area (Å²) in [5.74, 6) is 0.163. The van der Waals surface area contributed by atoms with Gasteiger partial charge in [0.1, 0.15) is 18.5 Å². The normalized spacial score (nSPS) is 30.6. The third kappa shape index (κ3) is 3.14. The molecule has 152 valence electrons. The van der Waals surface area contributed by atoms with Crippen LogP contribution in [0, 0.1) is 5.92 Å². The van der Waals surface area contributed by atoms with Crippen LogP contribution in [-0.2, 0) is 4.79 Å². The van der Waals surface area contributed by atoms with Gasteiger partial charge in [0.2, 0.25) is 0 Å². The first-order valence-electron chi connectivity index (χ1n) is 9.65. The van der Waals surface area contributed by atoms with E-state index in [1.54, 1.807) is 11.9 Å². The summed E-state index contributed by atoms with van der Waals surface area (Å²) in [7, 11) is 1.72. The number of nitrogens with one attached hydrogen (secondary N) is 1. The van der Waals surface area contributed by atoms with E-state index in [0.717, 1.165) is 18.8 Å². The van der Waals surface area contributed by atoms with Gasteiger partial charge >= 0.3 is 6.03 Å². The molecule has 1 aromatic rings. The average molecular weight is 408 g/mol. The van der Waals surface area contributed by atoms with E-state index in [1.165, 1.54) is 4.90 Å². The van der Waals surface area contributed by atoms with Gasteiger partial charge < -0.3 is 14.9 Å². The van der Waals surface area contributed by atoms with Gasteiger partial charge in [-0.15, -0.1) is 0 Å². The van der Waals surface area contributed by atoms with Gasteiger partial charge in [0.25, 0.3) is 5.91 Å². The molecule has 0 bridgehead atoms. The molecule has 3 heterocycles. The summed E-state index contributed by atoms with van der Waals surface area (Å²) in [5.41, 5.74) is 1.02. The molecule has 4 atom stereocenters. The molecule has 3 aliphatic rings. The molecule has 3 amide bonds. The number of amides is 3. The summed E-state index contributed by atoms with van der Waals surface area (Å²) in [6.45, 7) is 3.95. The third-order valence-corrected chi connectivity index (χ3v) is 6.04. The Morgan fingerprint density at radius 2 is 1.93 bits per heavy atom. The molecule has 9 heteroatoms. The number of rotatable bonds is 4. The third-order valence-electron chi connectivity index (χ3n) is 5.78. The number of nitrogens with zero attached hydrogens (tertiary/aromatic N) is 4. The molecular weight excluding hydrogens is 382 g/mol. The molecule has 0 aliphatic carbocycles. The highest BCUT2D eigenvalue weighted by atomic mass is 35.5. The van der Waals surface area contributed by atoms with E-state index in [2.05, 4.69) is 22.0 Å². The van der Waals surface area contributed by atoms with Crippen molar-refractivity contribution in [2.75, 3.05) is 38.2 Å². The number of aliphatic hydroxyl groups is 1. The maximum atomic E-state index is 13.2. The van der Waals surface area contributed by atoms with E-state index in [-0.39, 0.29) is 37.5 Å². The Morgan fingerprint density at radius 3 is 2.61 bits per heavy atom. The van der Waals surface area contributed by atoms with Gasteiger partial charge in [-0.3, -0.25) is 19.9 Å². The number of fused-ring (bicyclic) bond motifs is 3. The molecular formula is C19H26ClN5O3. The zero-order valence-corrected chi connectivity index (χ0v) is 16.8. The number of anilines is 1. The second-order valence-corrected chi connectivity index (χ2v) is 8.26. The van der Waals surface area contributed by atoms with Crippen LogP contribution in [0.25, 0.3) is 0 Å². The smallest absolute Gasteiger partial charge is 0.327 e. The Bertz CT molecular complexity index is 760. The highest BCUT2D eigenvalue weighted by Crippen LogP contribution is 2.34. The van der Waals surface area contributed by atoms with Crippen molar-refractivity contribution in [3.8, 4) is 0 Å². The lowest BCUT2D eigenvalue weighted by Crippen LogP contribution is -2.66. The minimum atomic E-state index is -0.441. The monoisotopic (exact) mass is 407 g/mol. The highest BCUT2D eigenvalue weighted by molar-refractivity contribution is 6.30. The molecule has 28 heavy (non-hydrogen) atoms. The van der Waals surface area contributed by atoms with Gasteiger partial charge in [0, 0.05) is 44.0 Å². The number of hydrogen-bond donors (Lipinski definition) is 2. The molecule has 3 fully saturated rings. The number of urea groups is 1. The summed E-state index contributed by atoms with van der Waals surface area (Å²) in [6.07, 6.45) is -0.174. The first kappa shape index (κ1) is 19.4. The van der Waals surface area contributed by atoms with Gasteiger partial charge in [-0.05, 0) is 36.6 Å². The molecule has 0 saturated carbocycles. The fraction of sp³-hybridized carbons (Fsp3) is 0.579. The summed E-state index contributed by atoms with van der Waals surface area (Å²) in [5, 5.41) is 13.3. The van der Waals surface area contributed by atoms with Crippen LogP contribution in [0.4, 0.5) is 10.5 Å². The molecule has 2 N–H and O–H groups in total. The Hall–Kier alpha value is -1.87. The Balaban J connectivity index is 1.65. The maximum absolute atomic E-state index is 13.2. The predicted octanol–water partition coefficient (Wildman–Crippen LogP) is 0.956. The highest BCUT2D eigenvalue weighted by Gasteiger charge is 2.56. The lowest BCUT2D eigenvalue weighted by molar-refractivity contribution is -0.139. The second kappa shape index (κ2) is 7.51. The van der Waals surface area contributed by atoms with Crippen molar-refractivity contribution in [3.05, 3.63) is 29.3 Å². The van der Waals surface area contributed by atoms with Crippen molar-refractivity contribution < 1.29 is 14.7 Å². The van der Waals surface area contributed by atoms with Crippen LogP contribution in [0.15, 0.2) is 24.3 Å². The van der Waals surface area contributed by atoms with Crippen molar-refractivity contribution in [2.24, 2.45) is 5.92 Å². The molecule has 4 unspecified atom stereocenters. The number of aliphatic hydroxyl groups excluding tert-OH is 1. The number of carbonyl (C=O) groups excluding carboxylic acids is 2. The Kier molecular flexibility index (Phi) is 5.22. The largest absolute Gasteiger partial charge is 0.396 e. The van der Waals surface area contributed by atoms with Crippen LogP contribution in [0.5, 0.6) is 0 Å². The van der Waals surface area contributed by atoms with Crippen molar-refractivity contribution in [1.29, 1.82) is 0 Å². The lowest BCUT2D eigenvalue weighted by Gasteiger charge is -2.46. The van der Waals surface area contributed by atoms with Crippen LogP contribution in [0.2, 0.25) is 5.02 Å². The molecule has 3 saturated heterocycles. The summed E-state index contributed by atoms with van der Waals surface area (Å²) >= 11 is 6.05. The number of likely N-dealkylation sites (N-methyl/N-ethyl adjacent to an activating group) is 1. The Morgan fingerprint density at radius 1 is 1.21 bits per heavy atom. The fourth-order valence-electron chi connectivity index (χ4n) is 4.49. The first-order chi connectivity index (χ1) is 13.4. The minimum Gasteiger partial charge on any atom is -0.396 e. The quantitative estimate of drug-likeness (QED) is 0.773. The van der Waals surface area contributed by atoms with E-state index in [1.807, 2.05) is 24.3 Å². The van der Waals surface area contributed by atoms with Gasteiger partial charge in [0.15, 0.2) is 0 Å². The molecule has 0 spiro atoms. The van der Waals surface area contributed by atoms with Crippen LogP contribution in [0.3, 0.4) is 0 Å². The van der Waals surface area contributed by atoms with Gasteiger partial charge in [-0.1, -0.05) is 18.5 Å². The molecule has 0 radical (unpaired) electrons. The molecule has 1 aromatic carbocycles. The van der Waals surface area contributed by atoms with Crippen molar-refractivity contribution in [2.45, 2.75) is 31.8 Å². The van der Waals surface area contributed by atoms with Crippen LogP contribution in [0.1, 0.15) is 13.3 Å². The van der Waals surface area contributed by atoms with Crippen molar-refractivity contribution in [3.63, 3.8) is 0 Å². The van der Waals surface area contributed by atoms with Crippen molar-refractivity contribution >= 4 is 29.2 Å². The molecule has 8 nitrogen and oxygen atoms in total. The zero-order valence-electron chi connectivity index (χ0n) is 16.1. The average Bonchev–Trinajstić information content (AvgIpc) is 3.06. The van der Waals surface area contributed by atoms with Gasteiger partial charge in [0.05, 0.1) is 0 Å². The summed E-state index contributed by atoms with van der Waals surface area (Å²) in [4.78, 5) is 33.2. The van der Waals surface area contributed by atoms with Gasteiger partial charge in [-0.25, -0.2) is 4.79 Å². The van der Waals surface area contributed by atoms with Crippen LogP contribution >= 0.6 is 11.6 Å². The SMILES string of the molecule is CC1CN(c2ccc(Cl)cc2)C2NC3C(C(=O)N(CCCO)C(=O)N3C)N2C1. The first-order valence-corrected chi connectivity index (χ1v) is 10.0. The zero-order chi connectivity index (χ0) is 20.0. The summed E-state index contributed by atoms with van der Waals surface area (Å²) in [6, 6.07) is 6.92. The lowest BCUT2D eigenvalue weighted by atomic mass is 10.0.